The average molecular weight is 253 g/mol. The fourth-order valence-corrected chi connectivity index (χ4v) is 1.86. The second-order valence-corrected chi connectivity index (χ2v) is 3.98. The topological polar surface area (TPSA) is 37.3 Å². The lowest BCUT2D eigenvalue weighted by atomic mass is 10.1. The van der Waals surface area contributed by atoms with Crippen LogP contribution < -0.4 is 0 Å². The smallest absolute Gasteiger partial charge is 0.379 e. The van der Waals surface area contributed by atoms with Crippen molar-refractivity contribution in [2.24, 2.45) is 0 Å². The Morgan fingerprint density at radius 1 is 1.53 bits per heavy atom. The van der Waals surface area contributed by atoms with Gasteiger partial charge in [-0.1, -0.05) is 17.7 Å². The third-order valence-corrected chi connectivity index (χ3v) is 3.00. The Morgan fingerprint density at radius 3 is 2.53 bits per heavy atom. The van der Waals surface area contributed by atoms with Crippen LogP contribution in [0.3, 0.4) is 0 Å². The Morgan fingerprint density at radius 2 is 2.13 bits per heavy atom. The second kappa shape index (κ2) is 4.37. The summed E-state index contributed by atoms with van der Waals surface area (Å²) in [6.45, 7) is 0. The highest BCUT2D eigenvalue weighted by molar-refractivity contribution is 7.98. The molecule has 0 fully saturated rings. The number of hydrogen-bond acceptors (Lipinski definition) is 2. The third-order valence-electron chi connectivity index (χ3n) is 1.78. The first kappa shape index (κ1) is 12.3. The van der Waals surface area contributed by atoms with Gasteiger partial charge in [-0.15, -0.1) is 11.8 Å². The molecule has 0 aliphatic carbocycles. The summed E-state index contributed by atoms with van der Waals surface area (Å²) >= 11 is 6.99. The summed E-state index contributed by atoms with van der Waals surface area (Å²) in [5, 5.41) is 8.44. The Hall–Kier alpha value is -0.810. The summed E-state index contributed by atoms with van der Waals surface area (Å²) in [5.41, 5.74) is -0.613. The van der Waals surface area contributed by atoms with Crippen LogP contribution in [-0.4, -0.2) is 17.3 Å². The molecule has 6 heteroatoms. The highest BCUT2D eigenvalue weighted by Crippen LogP contribution is 2.33. The molecule has 82 valence electrons. The van der Waals surface area contributed by atoms with Crippen molar-refractivity contribution in [2.45, 2.75) is 10.8 Å². The molecule has 0 saturated heterocycles. The van der Waals surface area contributed by atoms with E-state index in [1.807, 2.05) is 0 Å². The van der Waals surface area contributed by atoms with Gasteiger partial charge in [0.25, 0.3) is 0 Å². The van der Waals surface area contributed by atoms with Crippen LogP contribution in [0.25, 0.3) is 0 Å². The van der Waals surface area contributed by atoms with Gasteiger partial charge in [-0.2, -0.15) is 8.78 Å². The maximum Gasteiger partial charge on any atom is 0.379 e. The zero-order valence-corrected chi connectivity index (χ0v) is 9.20. The number of halogens is 3. The molecule has 2 nitrogen and oxygen atoms in total. The molecular weight excluding hydrogens is 246 g/mol. The summed E-state index contributed by atoms with van der Waals surface area (Å²) < 4.78 is 26.1. The molecule has 0 saturated carbocycles. The molecule has 1 aromatic rings. The van der Waals surface area contributed by atoms with E-state index in [-0.39, 0.29) is 5.02 Å². The van der Waals surface area contributed by atoms with Gasteiger partial charge in [-0.25, -0.2) is 4.79 Å². The van der Waals surface area contributed by atoms with E-state index in [1.54, 1.807) is 6.26 Å². The van der Waals surface area contributed by atoms with Gasteiger partial charge >= 0.3 is 11.9 Å². The van der Waals surface area contributed by atoms with E-state index in [2.05, 4.69) is 0 Å². The lowest BCUT2D eigenvalue weighted by molar-refractivity contribution is -0.166. The van der Waals surface area contributed by atoms with E-state index < -0.39 is 17.5 Å². The van der Waals surface area contributed by atoms with Crippen molar-refractivity contribution in [3.05, 3.63) is 28.8 Å². The summed E-state index contributed by atoms with van der Waals surface area (Å²) in [4.78, 5) is 10.9. The summed E-state index contributed by atoms with van der Waals surface area (Å²) in [7, 11) is 0. The average Bonchev–Trinajstić information content (AvgIpc) is 2.17. The number of thioether (sulfide) groups is 1. The van der Waals surface area contributed by atoms with Crippen LogP contribution in [0.2, 0.25) is 5.02 Å². The van der Waals surface area contributed by atoms with Gasteiger partial charge < -0.3 is 5.11 Å². The Bertz CT molecular complexity index is 396. The number of carboxylic acid groups (broad SMARTS) is 1. The molecule has 15 heavy (non-hydrogen) atoms. The zero-order valence-electron chi connectivity index (χ0n) is 7.63. The van der Waals surface area contributed by atoms with Gasteiger partial charge in [0, 0.05) is 10.5 Å². The van der Waals surface area contributed by atoms with Crippen molar-refractivity contribution in [1.29, 1.82) is 0 Å². The maximum atomic E-state index is 13.0. The van der Waals surface area contributed by atoms with Crippen molar-refractivity contribution in [3.63, 3.8) is 0 Å². The minimum Gasteiger partial charge on any atom is -0.477 e. The minimum absolute atomic E-state index is 0.126. The predicted octanol–water partition coefficient (Wildman–Crippen LogP) is 3.24. The van der Waals surface area contributed by atoms with Crippen molar-refractivity contribution in [2.75, 3.05) is 6.26 Å². The van der Waals surface area contributed by atoms with Crippen LogP contribution in [0.1, 0.15) is 5.56 Å². The summed E-state index contributed by atoms with van der Waals surface area (Å²) in [5.74, 6) is -6.09. The number of carboxylic acids is 1. The summed E-state index contributed by atoms with van der Waals surface area (Å²) in [6.07, 6.45) is 1.75. The second-order valence-electron chi connectivity index (χ2n) is 2.73. The van der Waals surface area contributed by atoms with E-state index in [0.717, 1.165) is 12.1 Å². The normalized spacial score (nSPS) is 11.5. The Labute approximate surface area is 94.2 Å². The monoisotopic (exact) mass is 252 g/mol. The maximum absolute atomic E-state index is 13.0. The van der Waals surface area contributed by atoms with Crippen molar-refractivity contribution >= 4 is 29.3 Å². The molecule has 0 aromatic heterocycles. The number of aliphatic carboxylic acids is 1. The number of benzene rings is 1. The highest BCUT2D eigenvalue weighted by atomic mass is 35.5. The van der Waals surface area contributed by atoms with Crippen molar-refractivity contribution < 1.29 is 18.7 Å². The molecular formula is C9H7ClF2O2S. The van der Waals surface area contributed by atoms with Gasteiger partial charge in [0.05, 0.1) is 5.02 Å². The molecule has 0 amide bonds. The van der Waals surface area contributed by atoms with Crippen LogP contribution in [0.4, 0.5) is 8.78 Å². The number of hydrogen-bond donors (Lipinski definition) is 1. The van der Waals surface area contributed by atoms with Gasteiger partial charge in [-0.3, -0.25) is 0 Å². The van der Waals surface area contributed by atoms with Crippen molar-refractivity contribution in [1.82, 2.24) is 0 Å². The molecule has 0 bridgehead atoms. The number of alkyl halides is 2. The highest BCUT2D eigenvalue weighted by Gasteiger charge is 2.41. The third kappa shape index (κ3) is 2.41. The first-order valence-corrected chi connectivity index (χ1v) is 5.45. The molecule has 0 heterocycles. The Kier molecular flexibility index (Phi) is 3.57. The first-order chi connectivity index (χ1) is 6.89. The van der Waals surface area contributed by atoms with Crippen LogP contribution in [0.5, 0.6) is 0 Å². The van der Waals surface area contributed by atoms with E-state index in [4.69, 9.17) is 16.7 Å². The van der Waals surface area contributed by atoms with Gasteiger partial charge in [-0.05, 0) is 18.4 Å². The fraction of sp³-hybridized carbons (Fsp3) is 0.222. The van der Waals surface area contributed by atoms with E-state index in [9.17, 15) is 13.6 Å². The SMILES string of the molecule is CSc1ccc(C(F)(F)C(=O)O)cc1Cl. The van der Waals surface area contributed by atoms with Crippen molar-refractivity contribution in [3.8, 4) is 0 Å². The quantitative estimate of drug-likeness (QED) is 0.839. The van der Waals surface area contributed by atoms with E-state index in [0.29, 0.717) is 4.90 Å². The zero-order chi connectivity index (χ0) is 11.6. The molecule has 1 N–H and O–H groups in total. The lowest BCUT2D eigenvalue weighted by Crippen LogP contribution is -2.25. The molecule has 0 radical (unpaired) electrons. The van der Waals surface area contributed by atoms with E-state index in [1.165, 1.54) is 17.8 Å². The van der Waals surface area contributed by atoms with Crippen LogP contribution >= 0.6 is 23.4 Å². The fourth-order valence-electron chi connectivity index (χ4n) is 0.985. The lowest BCUT2D eigenvalue weighted by Gasteiger charge is -2.12. The number of carbonyl (C=O) groups is 1. The molecule has 0 aliphatic rings. The first-order valence-electron chi connectivity index (χ1n) is 3.85. The molecule has 1 rings (SSSR count). The number of rotatable bonds is 3. The van der Waals surface area contributed by atoms with Gasteiger partial charge in [0.15, 0.2) is 0 Å². The predicted molar refractivity (Wildman–Crippen MR) is 54.8 cm³/mol. The molecule has 0 spiro atoms. The molecule has 0 aliphatic heterocycles. The largest absolute Gasteiger partial charge is 0.477 e. The summed E-state index contributed by atoms with van der Waals surface area (Å²) in [6, 6.07) is 3.41. The van der Waals surface area contributed by atoms with Gasteiger partial charge in [0.1, 0.15) is 0 Å². The molecule has 1 aromatic carbocycles. The minimum atomic E-state index is -3.90. The van der Waals surface area contributed by atoms with E-state index >= 15 is 0 Å². The van der Waals surface area contributed by atoms with Crippen LogP contribution in [0, 0.1) is 0 Å². The van der Waals surface area contributed by atoms with Gasteiger partial charge in [0.2, 0.25) is 0 Å². The molecule has 0 unspecified atom stereocenters. The van der Waals surface area contributed by atoms with Crippen LogP contribution in [0.15, 0.2) is 23.1 Å². The Balaban J connectivity index is 3.18. The van der Waals surface area contributed by atoms with Crippen LogP contribution in [-0.2, 0) is 10.7 Å². The standard InChI is InChI=1S/C9H7ClF2O2S/c1-15-7-3-2-5(4-6(7)10)9(11,12)8(13)14/h2-4H,1H3,(H,13,14). The molecule has 0 atom stereocenters.